The van der Waals surface area contributed by atoms with Gasteiger partial charge in [0.05, 0.1) is 11.9 Å². The number of rotatable bonds is 7. The highest BCUT2D eigenvalue weighted by molar-refractivity contribution is 7.10. The van der Waals surface area contributed by atoms with Gasteiger partial charge in [-0.05, 0) is 61.6 Å². The molecule has 11 heteroatoms. The summed E-state index contributed by atoms with van der Waals surface area (Å²) >= 11 is 1.27. The van der Waals surface area contributed by atoms with Crippen LogP contribution in [0.25, 0.3) is 0 Å². The van der Waals surface area contributed by atoms with Crippen molar-refractivity contribution < 1.29 is 9.59 Å². The molecule has 0 aliphatic carbocycles. The van der Waals surface area contributed by atoms with Gasteiger partial charge in [-0.2, -0.15) is 4.37 Å². The van der Waals surface area contributed by atoms with E-state index in [1.807, 2.05) is 56.3 Å². The average molecular weight is 481 g/mol. The van der Waals surface area contributed by atoms with Crippen LogP contribution in [0.1, 0.15) is 39.4 Å². The van der Waals surface area contributed by atoms with Crippen LogP contribution in [0.2, 0.25) is 0 Å². The van der Waals surface area contributed by atoms with Gasteiger partial charge in [0.15, 0.2) is 11.5 Å². The van der Waals surface area contributed by atoms with Gasteiger partial charge >= 0.3 is 0 Å². The molecule has 10 nitrogen and oxygen atoms in total. The number of piperidine rings is 1. The van der Waals surface area contributed by atoms with E-state index >= 15 is 0 Å². The molecule has 34 heavy (non-hydrogen) atoms. The van der Waals surface area contributed by atoms with Gasteiger partial charge in [-0.25, -0.2) is 9.97 Å². The first-order valence-electron chi connectivity index (χ1n) is 11.0. The van der Waals surface area contributed by atoms with Crippen LogP contribution in [0.5, 0.6) is 0 Å². The zero-order valence-electron chi connectivity index (χ0n) is 19.4. The van der Waals surface area contributed by atoms with E-state index in [0.29, 0.717) is 23.7 Å². The number of primary amides is 1. The summed E-state index contributed by atoms with van der Waals surface area (Å²) in [7, 11) is 3.92. The summed E-state index contributed by atoms with van der Waals surface area (Å²) in [5.74, 6) is 0.144. The summed E-state index contributed by atoms with van der Waals surface area (Å²) in [5, 5.41) is 6.99. The second-order valence-electron chi connectivity index (χ2n) is 8.45. The van der Waals surface area contributed by atoms with Gasteiger partial charge in [0, 0.05) is 44.5 Å². The molecular formula is C23H28N8O2S. The van der Waals surface area contributed by atoms with Crippen molar-refractivity contribution >= 4 is 45.7 Å². The minimum absolute atomic E-state index is 0.0343. The molecule has 1 atom stereocenters. The average Bonchev–Trinajstić information content (AvgIpc) is 3.23. The van der Waals surface area contributed by atoms with Gasteiger partial charge < -0.3 is 26.2 Å². The number of anilines is 4. The van der Waals surface area contributed by atoms with Crippen molar-refractivity contribution in [2.45, 2.75) is 25.8 Å². The van der Waals surface area contributed by atoms with Gasteiger partial charge in [-0.15, -0.1) is 0 Å². The van der Waals surface area contributed by atoms with E-state index < -0.39 is 5.91 Å². The first-order valence-corrected chi connectivity index (χ1v) is 11.8. The fourth-order valence-corrected chi connectivity index (χ4v) is 4.48. The predicted molar refractivity (Wildman–Crippen MR) is 134 cm³/mol. The van der Waals surface area contributed by atoms with E-state index in [1.54, 1.807) is 6.20 Å². The quantitative estimate of drug-likeness (QED) is 0.470. The van der Waals surface area contributed by atoms with E-state index in [1.165, 1.54) is 11.5 Å². The summed E-state index contributed by atoms with van der Waals surface area (Å²) in [5.41, 5.74) is 8.10. The minimum Gasteiger partial charge on any atom is -0.378 e. The monoisotopic (exact) mass is 480 g/mol. The van der Waals surface area contributed by atoms with Gasteiger partial charge in [0.2, 0.25) is 0 Å². The summed E-state index contributed by atoms with van der Waals surface area (Å²) in [4.78, 5) is 37.6. The van der Waals surface area contributed by atoms with E-state index in [0.717, 1.165) is 35.8 Å². The second kappa shape index (κ2) is 10.0. The maximum Gasteiger partial charge on any atom is 0.271 e. The molecule has 0 bridgehead atoms. The first-order chi connectivity index (χ1) is 16.3. The molecule has 1 fully saturated rings. The Morgan fingerprint density at radius 1 is 1.24 bits per heavy atom. The van der Waals surface area contributed by atoms with Crippen molar-refractivity contribution in [1.29, 1.82) is 0 Å². The van der Waals surface area contributed by atoms with Crippen LogP contribution in [0.3, 0.4) is 0 Å². The fourth-order valence-electron chi connectivity index (χ4n) is 3.82. The Morgan fingerprint density at radius 2 is 2.00 bits per heavy atom. The first kappa shape index (κ1) is 23.4. The van der Waals surface area contributed by atoms with Crippen LogP contribution in [0.4, 0.5) is 22.3 Å². The van der Waals surface area contributed by atoms with Crippen molar-refractivity contribution in [3.63, 3.8) is 0 Å². The van der Waals surface area contributed by atoms with Gasteiger partial charge in [0.25, 0.3) is 11.8 Å². The number of nitrogens with zero attached hydrogens (tertiary/aromatic N) is 5. The number of hydrogen-bond acceptors (Lipinski definition) is 9. The molecule has 0 unspecified atom stereocenters. The Labute approximate surface area is 202 Å². The molecule has 0 spiro atoms. The minimum atomic E-state index is -0.660. The Hall–Kier alpha value is -3.73. The van der Waals surface area contributed by atoms with Gasteiger partial charge in [-0.1, -0.05) is 0 Å². The van der Waals surface area contributed by atoms with Crippen molar-refractivity contribution in [2.75, 3.05) is 42.3 Å². The number of benzene rings is 1. The Morgan fingerprint density at radius 3 is 2.65 bits per heavy atom. The fraction of sp³-hybridized carbons (Fsp3) is 0.348. The van der Waals surface area contributed by atoms with Crippen molar-refractivity contribution in [1.82, 2.24) is 19.7 Å². The standard InChI is InChI=1S/C23H28N8O2S/c1-14-11-19(34-29-14)28-22-20(21(24)32)25-12-18(27-22)31-10-4-5-16(13-31)26-23(33)15-6-8-17(9-7-15)30(2)3/h6-9,11-12,16H,4-5,10,13H2,1-3H3,(H2,24,32)(H,26,33)(H,27,28)/t16-/m1/s1. The lowest BCUT2D eigenvalue weighted by molar-refractivity contribution is 0.0932. The largest absolute Gasteiger partial charge is 0.378 e. The smallest absolute Gasteiger partial charge is 0.271 e. The lowest BCUT2D eigenvalue weighted by Gasteiger charge is -2.34. The number of carbonyl (C=O) groups excluding carboxylic acids is 2. The molecule has 1 saturated heterocycles. The predicted octanol–water partition coefficient (Wildman–Crippen LogP) is 2.55. The lowest BCUT2D eigenvalue weighted by Crippen LogP contribution is -2.48. The number of hydrogen-bond donors (Lipinski definition) is 3. The van der Waals surface area contributed by atoms with Crippen molar-refractivity contribution in [3.8, 4) is 0 Å². The van der Waals surface area contributed by atoms with Crippen LogP contribution in [-0.4, -0.2) is 59.4 Å². The summed E-state index contributed by atoms with van der Waals surface area (Å²) in [6.45, 7) is 3.25. The molecular weight excluding hydrogens is 452 g/mol. The zero-order valence-corrected chi connectivity index (χ0v) is 20.2. The molecule has 4 N–H and O–H groups in total. The highest BCUT2D eigenvalue weighted by Gasteiger charge is 2.24. The molecule has 2 amide bonds. The topological polar surface area (TPSA) is 129 Å². The molecule has 178 valence electrons. The molecule has 1 aliphatic heterocycles. The normalized spacial score (nSPS) is 15.6. The van der Waals surface area contributed by atoms with E-state index in [2.05, 4.69) is 29.9 Å². The highest BCUT2D eigenvalue weighted by atomic mass is 32.1. The van der Waals surface area contributed by atoms with Crippen LogP contribution in [0, 0.1) is 6.92 Å². The SMILES string of the molecule is Cc1cc(Nc2nc(N3CCC[C@@H](NC(=O)c4ccc(N(C)C)cc4)C3)cnc2C(N)=O)sn1. The third-order valence-electron chi connectivity index (χ3n) is 5.59. The third-order valence-corrected chi connectivity index (χ3v) is 6.39. The van der Waals surface area contributed by atoms with Gasteiger partial charge in [0.1, 0.15) is 10.8 Å². The summed E-state index contributed by atoms with van der Waals surface area (Å²) in [6, 6.07) is 9.35. The number of amides is 2. The van der Waals surface area contributed by atoms with Crippen LogP contribution < -0.4 is 26.2 Å². The summed E-state index contributed by atoms with van der Waals surface area (Å²) < 4.78 is 4.24. The molecule has 3 heterocycles. The van der Waals surface area contributed by atoms with Crippen molar-refractivity contribution in [2.24, 2.45) is 5.73 Å². The molecule has 4 rings (SSSR count). The molecule has 1 aromatic carbocycles. The maximum absolute atomic E-state index is 12.8. The number of nitrogens with two attached hydrogens (primary N) is 1. The Balaban J connectivity index is 1.47. The zero-order chi connectivity index (χ0) is 24.2. The number of nitrogens with one attached hydrogen (secondary N) is 2. The molecule has 0 saturated carbocycles. The Bertz CT molecular complexity index is 1180. The number of aryl methyl sites for hydroxylation is 1. The lowest BCUT2D eigenvalue weighted by atomic mass is 10.0. The summed E-state index contributed by atoms with van der Waals surface area (Å²) in [6.07, 6.45) is 3.31. The van der Waals surface area contributed by atoms with Crippen LogP contribution in [-0.2, 0) is 0 Å². The van der Waals surface area contributed by atoms with Crippen molar-refractivity contribution in [3.05, 3.63) is 53.5 Å². The molecule has 2 aromatic heterocycles. The Kier molecular flexibility index (Phi) is 6.92. The number of carbonyl (C=O) groups is 2. The molecule has 3 aromatic rings. The number of aromatic nitrogens is 3. The second-order valence-corrected chi connectivity index (χ2v) is 9.25. The van der Waals surface area contributed by atoms with E-state index in [9.17, 15) is 9.59 Å². The van der Waals surface area contributed by atoms with Crippen LogP contribution in [0.15, 0.2) is 36.5 Å². The molecule has 1 aliphatic rings. The maximum atomic E-state index is 12.8. The van der Waals surface area contributed by atoms with Crippen LogP contribution >= 0.6 is 11.5 Å². The molecule has 0 radical (unpaired) electrons. The van der Waals surface area contributed by atoms with E-state index in [-0.39, 0.29) is 17.6 Å². The highest BCUT2D eigenvalue weighted by Crippen LogP contribution is 2.25. The van der Waals surface area contributed by atoms with E-state index in [4.69, 9.17) is 5.73 Å². The third kappa shape index (κ3) is 5.42. The van der Waals surface area contributed by atoms with Gasteiger partial charge in [-0.3, -0.25) is 9.59 Å².